The van der Waals surface area contributed by atoms with Crippen molar-refractivity contribution in [2.45, 2.75) is 194 Å². The van der Waals surface area contributed by atoms with Crippen LogP contribution in [-0.4, -0.2) is 37.2 Å². The van der Waals surface area contributed by atoms with Gasteiger partial charge in [0.25, 0.3) is 0 Å². The summed E-state index contributed by atoms with van der Waals surface area (Å²) < 4.78 is 16.6. The lowest BCUT2D eigenvalue weighted by Gasteiger charge is -2.18. The highest BCUT2D eigenvalue weighted by atomic mass is 16.6. The van der Waals surface area contributed by atoms with E-state index < -0.39 is 6.10 Å². The molecule has 352 valence electrons. The maximum atomic E-state index is 12.7. The van der Waals surface area contributed by atoms with Crippen molar-refractivity contribution in [1.82, 2.24) is 0 Å². The summed E-state index contributed by atoms with van der Waals surface area (Å²) >= 11 is 0. The zero-order valence-electron chi connectivity index (χ0n) is 40.0. The normalized spacial score (nSPS) is 13.3. The second kappa shape index (κ2) is 50.2. The summed E-state index contributed by atoms with van der Waals surface area (Å²) in [5.74, 6) is -1.09. The van der Waals surface area contributed by atoms with E-state index in [9.17, 15) is 14.4 Å². The van der Waals surface area contributed by atoms with Gasteiger partial charge < -0.3 is 14.2 Å². The Kier molecular flexibility index (Phi) is 46.7. The monoisotopic (exact) mass is 869 g/mol. The van der Waals surface area contributed by atoms with Crippen LogP contribution in [0.5, 0.6) is 0 Å². The first kappa shape index (κ1) is 58.6. The van der Waals surface area contributed by atoms with Crippen molar-refractivity contribution in [3.05, 3.63) is 134 Å². The minimum Gasteiger partial charge on any atom is -0.462 e. The summed E-state index contributed by atoms with van der Waals surface area (Å²) in [6, 6.07) is 0. The predicted octanol–water partition coefficient (Wildman–Crippen LogP) is 16.3. The van der Waals surface area contributed by atoms with Gasteiger partial charge in [0.2, 0.25) is 0 Å². The van der Waals surface area contributed by atoms with Crippen LogP contribution in [-0.2, 0) is 28.6 Å². The molecule has 0 saturated carbocycles. The van der Waals surface area contributed by atoms with E-state index in [4.69, 9.17) is 14.2 Å². The molecule has 1 atom stereocenters. The highest BCUT2D eigenvalue weighted by Gasteiger charge is 2.19. The van der Waals surface area contributed by atoms with Crippen molar-refractivity contribution in [3.63, 3.8) is 0 Å². The minimum atomic E-state index is -0.839. The first-order valence-corrected chi connectivity index (χ1v) is 24.7. The molecule has 0 fully saturated rings. The molecule has 0 aliphatic carbocycles. The van der Waals surface area contributed by atoms with E-state index in [2.05, 4.69) is 112 Å². The molecule has 0 rings (SSSR count). The van der Waals surface area contributed by atoms with E-state index in [-0.39, 0.29) is 44.0 Å². The van der Waals surface area contributed by atoms with E-state index in [1.165, 1.54) is 38.5 Å². The molecule has 0 aromatic carbocycles. The fourth-order valence-corrected chi connectivity index (χ4v) is 6.06. The molecule has 0 spiro atoms. The molecule has 0 aliphatic heterocycles. The van der Waals surface area contributed by atoms with Gasteiger partial charge in [-0.1, -0.05) is 199 Å². The Balaban J connectivity index is 4.58. The Morgan fingerprint density at radius 3 is 1.25 bits per heavy atom. The van der Waals surface area contributed by atoms with Crippen LogP contribution in [0.4, 0.5) is 0 Å². The van der Waals surface area contributed by atoms with Gasteiger partial charge in [0.1, 0.15) is 13.2 Å². The summed E-state index contributed by atoms with van der Waals surface area (Å²) in [5.41, 5.74) is 0. The van der Waals surface area contributed by atoms with Gasteiger partial charge in [-0.3, -0.25) is 14.4 Å². The Morgan fingerprint density at radius 1 is 0.349 bits per heavy atom. The van der Waals surface area contributed by atoms with Gasteiger partial charge in [-0.15, -0.1) is 0 Å². The summed E-state index contributed by atoms with van der Waals surface area (Å²) in [6.07, 6.45) is 70.2. The van der Waals surface area contributed by atoms with Crippen LogP contribution < -0.4 is 0 Å². The molecule has 1 unspecified atom stereocenters. The van der Waals surface area contributed by atoms with E-state index >= 15 is 0 Å². The van der Waals surface area contributed by atoms with E-state index in [1.54, 1.807) is 0 Å². The Hall–Kier alpha value is -4.45. The average molecular weight is 869 g/mol. The van der Waals surface area contributed by atoms with E-state index in [0.29, 0.717) is 19.3 Å². The van der Waals surface area contributed by atoms with Crippen LogP contribution >= 0.6 is 0 Å². The lowest BCUT2D eigenvalue weighted by atomic mass is 10.1. The standard InChI is InChI=1S/C57H88O6/c1-4-7-10-13-16-19-22-25-26-27-28-29-30-33-35-38-41-44-47-50-56(59)62-53-54(63-57(60)51-48-45-42-39-36-32-24-21-18-15-12-9-6-3)52-61-55(58)49-46-43-40-37-34-31-23-20-17-14-11-8-5-2/h7,9-10,12,15-16,18-19,21,24-26,28-29,31-36,40,43,54H,4-6,8,11,13-14,17,20,22-23,27,30,37-39,41-42,44-53H2,1-3H3/b10-7-,12-9-,18-15-,19-16-,24-21-,26-25-,29-28-,34-31-,35-33-,36-32-,43-40-. The van der Waals surface area contributed by atoms with Crippen LogP contribution in [0.2, 0.25) is 0 Å². The SMILES string of the molecule is CC\C=C/C=C\C=C/C=C\CCCCCC(=O)OC(COC(=O)CC/C=C\C/C=C\CCCCCCCC)COC(=O)CCCCC/C=C\C/C=C\C/C=C\C/C=C\C/C=C\CC. The maximum absolute atomic E-state index is 12.7. The van der Waals surface area contributed by atoms with Gasteiger partial charge in [0.05, 0.1) is 0 Å². The molecule has 63 heavy (non-hydrogen) atoms. The quantitative estimate of drug-likeness (QED) is 0.0200. The van der Waals surface area contributed by atoms with Crippen molar-refractivity contribution in [2.24, 2.45) is 0 Å². The summed E-state index contributed by atoms with van der Waals surface area (Å²) in [6.45, 7) is 6.23. The minimum absolute atomic E-state index is 0.134. The Labute approximate surface area is 385 Å². The van der Waals surface area contributed by atoms with Crippen molar-refractivity contribution in [2.75, 3.05) is 13.2 Å². The van der Waals surface area contributed by atoms with E-state index in [0.717, 1.165) is 96.3 Å². The number of hydrogen-bond donors (Lipinski definition) is 0. The third-order valence-electron chi connectivity index (χ3n) is 9.73. The second-order valence-electron chi connectivity index (χ2n) is 15.7. The Bertz CT molecular complexity index is 1420. The van der Waals surface area contributed by atoms with Crippen molar-refractivity contribution < 1.29 is 28.6 Å². The number of carbonyl (C=O) groups is 3. The average Bonchev–Trinajstić information content (AvgIpc) is 3.28. The molecule has 0 amide bonds. The fourth-order valence-electron chi connectivity index (χ4n) is 6.06. The van der Waals surface area contributed by atoms with Crippen molar-refractivity contribution >= 4 is 17.9 Å². The fraction of sp³-hybridized carbons (Fsp3) is 0.561. The van der Waals surface area contributed by atoms with Crippen LogP contribution in [0.15, 0.2) is 134 Å². The number of carbonyl (C=O) groups excluding carboxylic acids is 3. The van der Waals surface area contributed by atoms with Gasteiger partial charge in [0.15, 0.2) is 6.10 Å². The van der Waals surface area contributed by atoms with Crippen molar-refractivity contribution in [3.8, 4) is 0 Å². The first-order valence-electron chi connectivity index (χ1n) is 24.7. The molecule has 6 nitrogen and oxygen atoms in total. The van der Waals surface area contributed by atoms with Crippen LogP contribution in [0.1, 0.15) is 188 Å². The van der Waals surface area contributed by atoms with Crippen LogP contribution in [0.25, 0.3) is 0 Å². The topological polar surface area (TPSA) is 78.9 Å². The predicted molar refractivity (Wildman–Crippen MR) is 269 cm³/mol. The lowest BCUT2D eigenvalue weighted by molar-refractivity contribution is -0.166. The van der Waals surface area contributed by atoms with Gasteiger partial charge in [-0.2, -0.15) is 0 Å². The number of unbranched alkanes of at least 4 members (excludes halogenated alkanes) is 12. The highest BCUT2D eigenvalue weighted by Crippen LogP contribution is 2.11. The zero-order valence-corrected chi connectivity index (χ0v) is 40.0. The summed E-state index contributed by atoms with van der Waals surface area (Å²) in [5, 5.41) is 0. The molecule has 0 aliphatic rings. The molecule has 0 heterocycles. The molecular weight excluding hydrogens is 781 g/mol. The van der Waals surface area contributed by atoms with Gasteiger partial charge >= 0.3 is 17.9 Å². The van der Waals surface area contributed by atoms with Crippen LogP contribution in [0.3, 0.4) is 0 Å². The van der Waals surface area contributed by atoms with Gasteiger partial charge in [-0.05, 0) is 103 Å². The lowest BCUT2D eigenvalue weighted by Crippen LogP contribution is -2.30. The van der Waals surface area contributed by atoms with E-state index in [1.807, 2.05) is 42.5 Å². The second-order valence-corrected chi connectivity index (χ2v) is 15.7. The number of allylic oxidation sites excluding steroid dienone is 22. The number of esters is 3. The third kappa shape index (κ3) is 48.4. The molecule has 6 heteroatoms. The summed E-state index contributed by atoms with van der Waals surface area (Å²) in [7, 11) is 0. The first-order chi connectivity index (χ1) is 31.0. The summed E-state index contributed by atoms with van der Waals surface area (Å²) in [4.78, 5) is 37.9. The van der Waals surface area contributed by atoms with Gasteiger partial charge in [-0.25, -0.2) is 0 Å². The van der Waals surface area contributed by atoms with Gasteiger partial charge in [0, 0.05) is 19.3 Å². The molecule has 0 saturated heterocycles. The molecular formula is C57H88O6. The largest absolute Gasteiger partial charge is 0.462 e. The smallest absolute Gasteiger partial charge is 0.306 e. The number of hydrogen-bond acceptors (Lipinski definition) is 6. The zero-order chi connectivity index (χ0) is 45.8. The highest BCUT2D eigenvalue weighted by molar-refractivity contribution is 5.71. The molecule has 0 radical (unpaired) electrons. The molecule has 0 bridgehead atoms. The molecule has 0 N–H and O–H groups in total. The Morgan fingerprint density at radius 2 is 0.730 bits per heavy atom. The number of ether oxygens (including phenoxy) is 3. The molecule has 0 aromatic rings. The van der Waals surface area contributed by atoms with Crippen LogP contribution in [0, 0.1) is 0 Å². The maximum Gasteiger partial charge on any atom is 0.306 e. The molecule has 0 aromatic heterocycles. The third-order valence-corrected chi connectivity index (χ3v) is 9.73. The van der Waals surface area contributed by atoms with Crippen molar-refractivity contribution in [1.29, 1.82) is 0 Å². The number of rotatable bonds is 42.